The zero-order valence-corrected chi connectivity index (χ0v) is 8.39. The van der Waals surface area contributed by atoms with E-state index in [0.717, 1.165) is 0 Å². The average Bonchev–Trinajstić information content (AvgIpc) is 2.19. The normalized spacial score (nSPS) is 12.0. The lowest BCUT2D eigenvalue weighted by Gasteiger charge is -1.99. The molecule has 0 saturated heterocycles. The smallest absolute Gasteiger partial charge is 0.123 e. The Morgan fingerprint density at radius 2 is 2.00 bits per heavy atom. The van der Waals surface area contributed by atoms with Crippen LogP contribution in [0.1, 0.15) is 12.8 Å². The summed E-state index contributed by atoms with van der Waals surface area (Å²) in [7, 11) is -1.11. The van der Waals surface area contributed by atoms with E-state index in [1.807, 2.05) is 6.07 Å². The molecule has 0 saturated carbocycles. The molecule has 14 heavy (non-hydrogen) atoms. The van der Waals surface area contributed by atoms with Crippen molar-refractivity contribution in [3.05, 3.63) is 30.1 Å². The molecule has 1 unspecified atom stereocenters. The first-order valence-electron chi connectivity index (χ1n) is 4.25. The first kappa shape index (κ1) is 10.9. The summed E-state index contributed by atoms with van der Waals surface area (Å²) in [6.07, 6.45) is 1.02. The van der Waals surface area contributed by atoms with Gasteiger partial charge in [-0.1, -0.05) is 0 Å². The number of halogens is 1. The number of benzene rings is 1. The van der Waals surface area contributed by atoms with Gasteiger partial charge in [0.1, 0.15) is 5.82 Å². The molecule has 2 nitrogen and oxygen atoms in total. The van der Waals surface area contributed by atoms with Gasteiger partial charge in [0.25, 0.3) is 0 Å². The van der Waals surface area contributed by atoms with E-state index in [0.29, 0.717) is 23.5 Å². The number of nitriles is 1. The highest BCUT2D eigenvalue weighted by Crippen LogP contribution is 2.09. The Bertz CT molecular complexity index is 355. The van der Waals surface area contributed by atoms with Crippen molar-refractivity contribution in [1.29, 1.82) is 5.26 Å². The maximum Gasteiger partial charge on any atom is 0.123 e. The lowest BCUT2D eigenvalue weighted by molar-refractivity contribution is 0.626. The van der Waals surface area contributed by atoms with Gasteiger partial charge < -0.3 is 0 Å². The Kier molecular flexibility index (Phi) is 4.27. The van der Waals surface area contributed by atoms with E-state index in [-0.39, 0.29) is 5.82 Å². The van der Waals surface area contributed by atoms with E-state index >= 15 is 0 Å². The van der Waals surface area contributed by atoms with Gasteiger partial charge in [0.2, 0.25) is 0 Å². The van der Waals surface area contributed by atoms with Crippen molar-refractivity contribution in [2.45, 2.75) is 17.7 Å². The Labute approximate surface area is 84.8 Å². The third-order valence-electron chi connectivity index (χ3n) is 1.69. The van der Waals surface area contributed by atoms with Gasteiger partial charge in [-0.05, 0) is 30.7 Å². The van der Waals surface area contributed by atoms with Gasteiger partial charge in [-0.25, -0.2) is 4.39 Å². The van der Waals surface area contributed by atoms with Gasteiger partial charge in [-0.15, -0.1) is 0 Å². The molecule has 0 radical (unpaired) electrons. The van der Waals surface area contributed by atoms with E-state index in [2.05, 4.69) is 0 Å². The molecular weight excluding hydrogens is 201 g/mol. The summed E-state index contributed by atoms with van der Waals surface area (Å²) in [6.45, 7) is 0. The first-order chi connectivity index (χ1) is 6.74. The van der Waals surface area contributed by atoms with Crippen LogP contribution in [0.2, 0.25) is 0 Å². The summed E-state index contributed by atoms with van der Waals surface area (Å²) < 4.78 is 24.0. The van der Waals surface area contributed by atoms with Crippen LogP contribution < -0.4 is 0 Å². The lowest BCUT2D eigenvalue weighted by atomic mass is 10.3. The molecule has 4 heteroatoms. The minimum atomic E-state index is -1.11. The molecule has 1 aromatic carbocycles. The topological polar surface area (TPSA) is 40.9 Å². The molecule has 1 atom stereocenters. The van der Waals surface area contributed by atoms with E-state index in [1.54, 1.807) is 0 Å². The molecule has 1 rings (SSSR count). The maximum absolute atomic E-state index is 12.5. The fraction of sp³-hybridized carbons (Fsp3) is 0.300. The molecule has 74 valence electrons. The minimum Gasteiger partial charge on any atom is -0.254 e. The van der Waals surface area contributed by atoms with Gasteiger partial charge in [-0.3, -0.25) is 4.21 Å². The van der Waals surface area contributed by atoms with Crippen LogP contribution in [0.3, 0.4) is 0 Å². The third-order valence-corrected chi connectivity index (χ3v) is 3.15. The maximum atomic E-state index is 12.5. The zero-order chi connectivity index (χ0) is 10.4. The number of rotatable bonds is 4. The summed E-state index contributed by atoms with van der Waals surface area (Å²) in [5.41, 5.74) is 0. The number of nitrogens with zero attached hydrogens (tertiary/aromatic N) is 1. The second kappa shape index (κ2) is 5.51. The SMILES string of the molecule is N#CCCCS(=O)c1ccc(F)cc1. The monoisotopic (exact) mass is 211 g/mol. The first-order valence-corrected chi connectivity index (χ1v) is 5.57. The van der Waals surface area contributed by atoms with Crippen molar-refractivity contribution in [2.75, 3.05) is 5.75 Å². The van der Waals surface area contributed by atoms with Crippen LogP contribution in [-0.2, 0) is 10.8 Å². The number of unbranched alkanes of at least 4 members (excludes halogenated alkanes) is 1. The second-order valence-corrected chi connectivity index (χ2v) is 4.34. The standard InChI is InChI=1S/C10H10FNOS/c11-9-3-5-10(6-4-9)14(13)8-2-1-7-12/h3-6H,1-2,8H2. The number of hydrogen-bond acceptors (Lipinski definition) is 2. The zero-order valence-electron chi connectivity index (χ0n) is 7.57. The number of hydrogen-bond donors (Lipinski definition) is 0. The molecular formula is C10H10FNOS. The van der Waals surface area contributed by atoms with Gasteiger partial charge in [0.05, 0.1) is 16.9 Å². The van der Waals surface area contributed by atoms with Crippen LogP contribution >= 0.6 is 0 Å². The predicted molar refractivity (Wildman–Crippen MR) is 52.5 cm³/mol. The van der Waals surface area contributed by atoms with Crippen LogP contribution in [0, 0.1) is 17.1 Å². The Morgan fingerprint density at radius 3 is 2.57 bits per heavy atom. The van der Waals surface area contributed by atoms with E-state index in [4.69, 9.17) is 5.26 Å². The Morgan fingerprint density at radius 1 is 1.36 bits per heavy atom. The van der Waals surface area contributed by atoms with Crippen molar-refractivity contribution in [2.24, 2.45) is 0 Å². The summed E-state index contributed by atoms with van der Waals surface area (Å²) in [4.78, 5) is 0.615. The summed E-state index contributed by atoms with van der Waals surface area (Å²) in [6, 6.07) is 7.59. The molecule has 0 amide bonds. The van der Waals surface area contributed by atoms with E-state index in [1.165, 1.54) is 24.3 Å². The molecule has 0 aliphatic rings. The van der Waals surface area contributed by atoms with Crippen LogP contribution in [0.25, 0.3) is 0 Å². The molecule has 0 fully saturated rings. The third kappa shape index (κ3) is 3.27. The highest BCUT2D eigenvalue weighted by molar-refractivity contribution is 7.85. The highest BCUT2D eigenvalue weighted by Gasteiger charge is 2.02. The molecule has 0 aliphatic heterocycles. The second-order valence-electron chi connectivity index (χ2n) is 2.77. The van der Waals surface area contributed by atoms with Crippen LogP contribution in [0.5, 0.6) is 0 Å². The fourth-order valence-corrected chi connectivity index (χ4v) is 2.07. The lowest BCUT2D eigenvalue weighted by Crippen LogP contribution is -1.97. The molecule has 0 spiro atoms. The van der Waals surface area contributed by atoms with Crippen molar-refractivity contribution < 1.29 is 8.60 Å². The van der Waals surface area contributed by atoms with Gasteiger partial charge in [0.15, 0.2) is 0 Å². The van der Waals surface area contributed by atoms with Crippen molar-refractivity contribution >= 4 is 10.8 Å². The fourth-order valence-electron chi connectivity index (χ4n) is 0.987. The van der Waals surface area contributed by atoms with Crippen molar-refractivity contribution in [1.82, 2.24) is 0 Å². The summed E-state index contributed by atoms with van der Waals surface area (Å²) in [5.74, 6) is 0.127. The summed E-state index contributed by atoms with van der Waals surface area (Å²) >= 11 is 0. The molecule has 0 heterocycles. The van der Waals surface area contributed by atoms with Crippen LogP contribution in [0.4, 0.5) is 4.39 Å². The summed E-state index contributed by atoms with van der Waals surface area (Å²) in [5, 5.41) is 8.29. The molecule has 0 bridgehead atoms. The molecule has 1 aromatic rings. The highest BCUT2D eigenvalue weighted by atomic mass is 32.2. The molecule has 0 aromatic heterocycles. The average molecular weight is 211 g/mol. The largest absolute Gasteiger partial charge is 0.254 e. The quantitative estimate of drug-likeness (QED) is 0.716. The van der Waals surface area contributed by atoms with E-state index < -0.39 is 10.8 Å². The molecule has 0 aliphatic carbocycles. The van der Waals surface area contributed by atoms with E-state index in [9.17, 15) is 8.60 Å². The minimum absolute atomic E-state index is 0.331. The Balaban J connectivity index is 2.53. The van der Waals surface area contributed by atoms with Crippen molar-refractivity contribution in [3.8, 4) is 6.07 Å². The van der Waals surface area contributed by atoms with Crippen LogP contribution in [0.15, 0.2) is 29.2 Å². The van der Waals surface area contributed by atoms with Gasteiger partial charge >= 0.3 is 0 Å². The predicted octanol–water partition coefficient (Wildman–Crippen LogP) is 2.24. The van der Waals surface area contributed by atoms with Gasteiger partial charge in [0, 0.05) is 17.1 Å². The Hall–Kier alpha value is -1.21. The van der Waals surface area contributed by atoms with Gasteiger partial charge in [-0.2, -0.15) is 5.26 Å². The van der Waals surface area contributed by atoms with Crippen LogP contribution in [-0.4, -0.2) is 9.96 Å². The molecule has 0 N–H and O–H groups in total. The van der Waals surface area contributed by atoms with Crippen molar-refractivity contribution in [3.63, 3.8) is 0 Å².